The monoisotopic (exact) mass is 246 g/mol. The molecule has 1 heterocycles. The first-order chi connectivity index (χ1) is 7.45. The van der Waals surface area contributed by atoms with Gasteiger partial charge in [0, 0.05) is 19.3 Å². The lowest BCUT2D eigenvalue weighted by Crippen LogP contribution is -2.32. The fourth-order valence-corrected chi connectivity index (χ4v) is 2.61. The van der Waals surface area contributed by atoms with Gasteiger partial charge in [0.25, 0.3) is 0 Å². The van der Waals surface area contributed by atoms with E-state index in [0.29, 0.717) is 6.54 Å². The van der Waals surface area contributed by atoms with Crippen LogP contribution in [-0.4, -0.2) is 30.8 Å². The second-order valence-corrected chi connectivity index (χ2v) is 5.52. The van der Waals surface area contributed by atoms with Crippen molar-refractivity contribution in [1.29, 1.82) is 0 Å². The number of rotatable bonds is 6. The zero-order valence-electron chi connectivity index (χ0n) is 9.55. The molecular weight excluding hydrogens is 228 g/mol. The Morgan fingerprint density at radius 3 is 2.81 bits per heavy atom. The summed E-state index contributed by atoms with van der Waals surface area (Å²) in [6, 6.07) is -0.117. The minimum Gasteiger partial charge on any atom is -0.330 e. The van der Waals surface area contributed by atoms with Gasteiger partial charge >= 0.3 is 0 Å². The Kier molecular flexibility index (Phi) is 4.45. The van der Waals surface area contributed by atoms with E-state index in [1.54, 1.807) is 7.05 Å². The van der Waals surface area contributed by atoms with E-state index in [4.69, 9.17) is 5.73 Å². The Bertz CT molecular complexity index is 426. The second-order valence-electron chi connectivity index (χ2n) is 3.80. The fourth-order valence-electron chi connectivity index (χ4n) is 1.35. The van der Waals surface area contributed by atoms with Crippen LogP contribution < -0.4 is 10.5 Å². The lowest BCUT2D eigenvalue weighted by molar-refractivity contribution is 0.539. The van der Waals surface area contributed by atoms with Crippen molar-refractivity contribution in [3.05, 3.63) is 12.4 Å². The first-order valence-corrected chi connectivity index (χ1v) is 6.65. The summed E-state index contributed by atoms with van der Waals surface area (Å²) in [7, 11) is -1.77. The maximum Gasteiger partial charge on any atom is 0.243 e. The largest absolute Gasteiger partial charge is 0.330 e. The molecule has 0 saturated carbocycles. The molecule has 0 aliphatic rings. The number of aryl methyl sites for hydroxylation is 1. The van der Waals surface area contributed by atoms with Crippen LogP contribution >= 0.6 is 0 Å². The molecule has 1 aromatic rings. The lowest BCUT2D eigenvalue weighted by atomic mass is 10.2. The van der Waals surface area contributed by atoms with Crippen molar-refractivity contribution >= 4 is 10.0 Å². The predicted molar refractivity (Wildman–Crippen MR) is 61.3 cm³/mol. The molecule has 16 heavy (non-hydrogen) atoms. The van der Waals surface area contributed by atoms with Crippen molar-refractivity contribution in [3.63, 3.8) is 0 Å². The van der Waals surface area contributed by atoms with E-state index in [1.807, 2.05) is 6.92 Å². The van der Waals surface area contributed by atoms with E-state index in [2.05, 4.69) is 9.82 Å². The molecule has 1 unspecified atom stereocenters. The fraction of sp³-hybridized carbons (Fsp3) is 0.667. The number of aromatic nitrogens is 2. The SMILES string of the molecule is CC(CCCN)NS(=O)(=O)c1cnn(C)c1. The van der Waals surface area contributed by atoms with Gasteiger partial charge in [-0.25, -0.2) is 13.1 Å². The summed E-state index contributed by atoms with van der Waals surface area (Å²) >= 11 is 0. The van der Waals surface area contributed by atoms with Gasteiger partial charge in [-0.1, -0.05) is 0 Å². The number of hydrogen-bond donors (Lipinski definition) is 2. The van der Waals surface area contributed by atoms with Crippen molar-refractivity contribution in [2.45, 2.75) is 30.7 Å². The molecule has 0 fully saturated rings. The average molecular weight is 246 g/mol. The van der Waals surface area contributed by atoms with E-state index in [1.165, 1.54) is 17.1 Å². The third-order valence-corrected chi connectivity index (χ3v) is 3.73. The van der Waals surface area contributed by atoms with Gasteiger partial charge in [-0.15, -0.1) is 0 Å². The highest BCUT2D eigenvalue weighted by atomic mass is 32.2. The Labute approximate surface area is 95.9 Å². The summed E-state index contributed by atoms with van der Waals surface area (Å²) in [6.45, 7) is 2.39. The second kappa shape index (κ2) is 5.42. The number of nitrogens with one attached hydrogen (secondary N) is 1. The number of nitrogens with zero attached hydrogens (tertiary/aromatic N) is 2. The van der Waals surface area contributed by atoms with E-state index in [9.17, 15) is 8.42 Å². The Balaban J connectivity index is 2.65. The molecule has 0 spiro atoms. The minimum absolute atomic E-state index is 0.117. The quantitative estimate of drug-likeness (QED) is 0.729. The van der Waals surface area contributed by atoms with Crippen LogP contribution in [0.15, 0.2) is 17.3 Å². The summed E-state index contributed by atoms with van der Waals surface area (Å²) in [6.07, 6.45) is 4.34. The molecule has 92 valence electrons. The molecule has 1 atom stereocenters. The molecule has 6 nitrogen and oxygen atoms in total. The van der Waals surface area contributed by atoms with Crippen LogP contribution in [0.2, 0.25) is 0 Å². The molecule has 3 N–H and O–H groups in total. The minimum atomic E-state index is -3.44. The molecule has 1 rings (SSSR count). The molecule has 0 aliphatic heterocycles. The molecule has 7 heteroatoms. The normalized spacial score (nSPS) is 13.9. The average Bonchev–Trinajstić information content (AvgIpc) is 2.62. The molecule has 0 saturated heterocycles. The Hall–Kier alpha value is -0.920. The summed E-state index contributed by atoms with van der Waals surface area (Å²) in [5.41, 5.74) is 5.36. The van der Waals surface area contributed by atoms with Gasteiger partial charge in [0.1, 0.15) is 4.90 Å². The van der Waals surface area contributed by atoms with Crippen LogP contribution in [0, 0.1) is 0 Å². The molecule has 0 radical (unpaired) electrons. The van der Waals surface area contributed by atoms with Crippen LogP contribution in [0.1, 0.15) is 19.8 Å². The summed E-state index contributed by atoms with van der Waals surface area (Å²) in [5, 5.41) is 3.83. The van der Waals surface area contributed by atoms with Crippen LogP contribution in [-0.2, 0) is 17.1 Å². The van der Waals surface area contributed by atoms with Crippen molar-refractivity contribution in [2.24, 2.45) is 12.8 Å². The smallest absolute Gasteiger partial charge is 0.243 e. The molecule has 0 bridgehead atoms. The molecular formula is C9H18N4O2S. The van der Waals surface area contributed by atoms with Gasteiger partial charge in [-0.2, -0.15) is 5.10 Å². The summed E-state index contributed by atoms with van der Waals surface area (Å²) in [4.78, 5) is 0.189. The van der Waals surface area contributed by atoms with Gasteiger partial charge in [0.2, 0.25) is 10.0 Å². The van der Waals surface area contributed by atoms with Gasteiger partial charge in [0.15, 0.2) is 0 Å². The van der Waals surface area contributed by atoms with Crippen LogP contribution in [0.5, 0.6) is 0 Å². The standard InChI is InChI=1S/C9H18N4O2S/c1-8(4-3-5-10)12-16(14,15)9-6-11-13(2)7-9/h6-8,12H,3-5,10H2,1-2H3. The summed E-state index contributed by atoms with van der Waals surface area (Å²) in [5.74, 6) is 0. The number of hydrogen-bond acceptors (Lipinski definition) is 4. The van der Waals surface area contributed by atoms with Gasteiger partial charge < -0.3 is 5.73 Å². The maximum absolute atomic E-state index is 11.8. The lowest BCUT2D eigenvalue weighted by Gasteiger charge is -2.12. The zero-order chi connectivity index (χ0) is 12.2. The molecule has 0 aromatic carbocycles. The van der Waals surface area contributed by atoms with E-state index in [-0.39, 0.29) is 10.9 Å². The van der Waals surface area contributed by atoms with Crippen LogP contribution in [0.25, 0.3) is 0 Å². The van der Waals surface area contributed by atoms with Crippen molar-refractivity contribution in [1.82, 2.24) is 14.5 Å². The van der Waals surface area contributed by atoms with Crippen molar-refractivity contribution < 1.29 is 8.42 Å². The van der Waals surface area contributed by atoms with Gasteiger partial charge in [-0.05, 0) is 26.3 Å². The molecule has 0 amide bonds. The maximum atomic E-state index is 11.8. The Morgan fingerprint density at radius 1 is 1.62 bits per heavy atom. The van der Waals surface area contributed by atoms with E-state index < -0.39 is 10.0 Å². The van der Waals surface area contributed by atoms with Crippen molar-refractivity contribution in [3.8, 4) is 0 Å². The van der Waals surface area contributed by atoms with Crippen molar-refractivity contribution in [2.75, 3.05) is 6.54 Å². The predicted octanol–water partition coefficient (Wildman–Crippen LogP) is -0.174. The van der Waals surface area contributed by atoms with Gasteiger partial charge in [-0.3, -0.25) is 4.68 Å². The highest BCUT2D eigenvalue weighted by Gasteiger charge is 2.18. The highest BCUT2D eigenvalue weighted by molar-refractivity contribution is 7.89. The van der Waals surface area contributed by atoms with Crippen LogP contribution in [0.4, 0.5) is 0 Å². The third-order valence-electron chi connectivity index (χ3n) is 2.19. The van der Waals surface area contributed by atoms with Gasteiger partial charge in [0.05, 0.1) is 6.20 Å². The third kappa shape index (κ3) is 3.58. The van der Waals surface area contributed by atoms with Crippen LogP contribution in [0.3, 0.4) is 0 Å². The number of nitrogens with two attached hydrogens (primary N) is 1. The summed E-state index contributed by atoms with van der Waals surface area (Å²) < 4.78 is 27.7. The topological polar surface area (TPSA) is 90.0 Å². The first-order valence-electron chi connectivity index (χ1n) is 5.17. The first kappa shape index (κ1) is 13.1. The molecule has 1 aromatic heterocycles. The van der Waals surface area contributed by atoms with E-state index >= 15 is 0 Å². The number of sulfonamides is 1. The zero-order valence-corrected chi connectivity index (χ0v) is 10.4. The molecule has 0 aliphatic carbocycles. The highest BCUT2D eigenvalue weighted by Crippen LogP contribution is 2.08. The Morgan fingerprint density at radius 2 is 2.31 bits per heavy atom. The van der Waals surface area contributed by atoms with E-state index in [0.717, 1.165) is 12.8 Å².